The van der Waals surface area contributed by atoms with Crippen LogP contribution in [0.1, 0.15) is 24.4 Å². The number of nitrogens with one attached hydrogen (secondary N) is 1. The fourth-order valence-corrected chi connectivity index (χ4v) is 2.69. The summed E-state index contributed by atoms with van der Waals surface area (Å²) in [6.07, 6.45) is 0. The minimum Gasteiger partial charge on any atom is -0.323 e. The van der Waals surface area contributed by atoms with Crippen molar-refractivity contribution in [1.82, 2.24) is 14.8 Å². The van der Waals surface area contributed by atoms with E-state index < -0.39 is 0 Å². The highest BCUT2D eigenvalue weighted by atomic mass is 35.5. The highest BCUT2D eigenvalue weighted by Gasteiger charge is 2.16. The van der Waals surface area contributed by atoms with Crippen molar-refractivity contribution in [3.63, 3.8) is 0 Å². The van der Waals surface area contributed by atoms with Gasteiger partial charge in [0.2, 0.25) is 0 Å². The Morgan fingerprint density at radius 1 is 1.38 bits per heavy atom. The van der Waals surface area contributed by atoms with E-state index in [1.165, 1.54) is 4.57 Å². The third-order valence-electron chi connectivity index (χ3n) is 3.41. The van der Waals surface area contributed by atoms with Crippen molar-refractivity contribution in [3.8, 4) is 5.82 Å². The van der Waals surface area contributed by atoms with Crippen LogP contribution in [-0.2, 0) is 0 Å². The molecule has 1 unspecified atom stereocenters. The SMILES string of the molecule is Cc1cc(-n2c(C(C)N)cc3cccc(Cl)c3c2=O)n[nH]1. The zero-order chi connectivity index (χ0) is 15.1. The summed E-state index contributed by atoms with van der Waals surface area (Å²) in [5.41, 5.74) is 7.38. The summed E-state index contributed by atoms with van der Waals surface area (Å²) >= 11 is 6.19. The summed E-state index contributed by atoms with van der Waals surface area (Å²) in [6.45, 7) is 3.71. The molecule has 1 atom stereocenters. The van der Waals surface area contributed by atoms with Crippen molar-refractivity contribution in [3.05, 3.63) is 57.1 Å². The molecule has 0 amide bonds. The van der Waals surface area contributed by atoms with E-state index in [2.05, 4.69) is 10.2 Å². The lowest BCUT2D eigenvalue weighted by Gasteiger charge is -2.15. The van der Waals surface area contributed by atoms with Gasteiger partial charge in [-0.1, -0.05) is 23.7 Å². The highest BCUT2D eigenvalue weighted by Crippen LogP contribution is 2.24. The Balaban J connectivity index is 2.46. The second-order valence-electron chi connectivity index (χ2n) is 5.11. The standard InChI is InChI=1S/C15H15ClN4O/c1-8-6-13(19-18-8)20-12(9(2)17)7-10-4-3-5-11(16)14(10)15(20)21/h3-7,9H,17H2,1-2H3,(H,18,19). The second-order valence-corrected chi connectivity index (χ2v) is 5.52. The average Bonchev–Trinajstić information content (AvgIpc) is 2.84. The number of pyridine rings is 1. The molecule has 0 bridgehead atoms. The molecule has 0 aliphatic heterocycles. The van der Waals surface area contributed by atoms with E-state index in [0.29, 0.717) is 21.9 Å². The van der Waals surface area contributed by atoms with Gasteiger partial charge in [0.1, 0.15) is 0 Å². The summed E-state index contributed by atoms with van der Waals surface area (Å²) in [7, 11) is 0. The molecule has 2 aromatic heterocycles. The van der Waals surface area contributed by atoms with Gasteiger partial charge < -0.3 is 5.73 Å². The summed E-state index contributed by atoms with van der Waals surface area (Å²) in [6, 6.07) is 8.76. The largest absolute Gasteiger partial charge is 0.323 e. The first kappa shape index (κ1) is 13.9. The smallest absolute Gasteiger partial charge is 0.265 e. The topological polar surface area (TPSA) is 76.7 Å². The van der Waals surface area contributed by atoms with Crippen LogP contribution >= 0.6 is 11.6 Å². The molecule has 3 aromatic rings. The number of aromatic amines is 1. The monoisotopic (exact) mass is 302 g/mol. The van der Waals surface area contributed by atoms with Crippen LogP contribution in [0.5, 0.6) is 0 Å². The van der Waals surface area contributed by atoms with Gasteiger partial charge in [0.05, 0.1) is 10.4 Å². The summed E-state index contributed by atoms with van der Waals surface area (Å²) in [5.74, 6) is 0.520. The van der Waals surface area contributed by atoms with Crippen LogP contribution in [0, 0.1) is 6.92 Å². The quantitative estimate of drug-likeness (QED) is 0.764. The Morgan fingerprint density at radius 2 is 2.14 bits per heavy atom. The fourth-order valence-electron chi connectivity index (χ4n) is 2.43. The second kappa shape index (κ2) is 5.02. The van der Waals surface area contributed by atoms with Gasteiger partial charge in [0.15, 0.2) is 5.82 Å². The minimum atomic E-state index is -0.307. The molecule has 108 valence electrons. The third-order valence-corrected chi connectivity index (χ3v) is 3.73. The first-order valence-corrected chi connectivity index (χ1v) is 6.99. The number of benzene rings is 1. The van der Waals surface area contributed by atoms with Crippen LogP contribution in [0.15, 0.2) is 35.1 Å². The summed E-state index contributed by atoms with van der Waals surface area (Å²) in [5, 5.41) is 8.69. The van der Waals surface area contributed by atoms with Gasteiger partial charge in [-0.2, -0.15) is 5.10 Å². The van der Waals surface area contributed by atoms with E-state index in [-0.39, 0.29) is 11.6 Å². The van der Waals surface area contributed by atoms with Crippen LogP contribution < -0.4 is 11.3 Å². The van der Waals surface area contributed by atoms with Crippen molar-refractivity contribution in [2.75, 3.05) is 0 Å². The highest BCUT2D eigenvalue weighted by molar-refractivity contribution is 6.35. The predicted molar refractivity (Wildman–Crippen MR) is 84.0 cm³/mol. The number of H-pyrrole nitrogens is 1. The molecule has 1 aromatic carbocycles. The zero-order valence-corrected chi connectivity index (χ0v) is 12.5. The van der Waals surface area contributed by atoms with Crippen LogP contribution in [0.25, 0.3) is 16.6 Å². The number of nitrogens with zero attached hydrogens (tertiary/aromatic N) is 2. The van der Waals surface area contributed by atoms with Gasteiger partial charge in [0, 0.05) is 23.5 Å². The number of fused-ring (bicyclic) bond motifs is 1. The number of nitrogens with two attached hydrogens (primary N) is 1. The molecule has 0 radical (unpaired) electrons. The molecule has 0 saturated carbocycles. The maximum Gasteiger partial charge on any atom is 0.265 e. The van der Waals surface area contributed by atoms with Crippen molar-refractivity contribution in [1.29, 1.82) is 0 Å². The number of hydrogen-bond acceptors (Lipinski definition) is 3. The molecule has 0 aliphatic carbocycles. The Bertz CT molecular complexity index is 879. The average molecular weight is 303 g/mol. The molecule has 2 heterocycles. The fraction of sp³-hybridized carbons (Fsp3) is 0.200. The molecule has 3 N–H and O–H groups in total. The molecular formula is C15H15ClN4O. The van der Waals surface area contributed by atoms with Gasteiger partial charge >= 0.3 is 0 Å². The lowest BCUT2D eigenvalue weighted by Crippen LogP contribution is -2.26. The number of aryl methyl sites for hydroxylation is 1. The van der Waals surface area contributed by atoms with E-state index in [4.69, 9.17) is 17.3 Å². The molecule has 6 heteroatoms. The number of rotatable bonds is 2. The van der Waals surface area contributed by atoms with E-state index in [0.717, 1.165) is 11.1 Å². The van der Waals surface area contributed by atoms with Crippen LogP contribution in [0.3, 0.4) is 0 Å². The number of aromatic nitrogens is 3. The van der Waals surface area contributed by atoms with Crippen molar-refractivity contribution in [2.24, 2.45) is 5.73 Å². The van der Waals surface area contributed by atoms with Gasteiger partial charge in [-0.25, -0.2) is 0 Å². The van der Waals surface area contributed by atoms with Crippen molar-refractivity contribution in [2.45, 2.75) is 19.9 Å². The molecular weight excluding hydrogens is 288 g/mol. The zero-order valence-electron chi connectivity index (χ0n) is 11.7. The van der Waals surface area contributed by atoms with Gasteiger partial charge in [-0.05, 0) is 31.4 Å². The third kappa shape index (κ3) is 2.24. The summed E-state index contributed by atoms with van der Waals surface area (Å²) < 4.78 is 1.52. The first-order chi connectivity index (χ1) is 9.99. The molecule has 3 rings (SSSR count). The van der Waals surface area contributed by atoms with E-state index in [1.54, 1.807) is 12.1 Å². The van der Waals surface area contributed by atoms with Crippen LogP contribution in [-0.4, -0.2) is 14.8 Å². The molecule has 0 aliphatic rings. The van der Waals surface area contributed by atoms with Crippen LogP contribution in [0.2, 0.25) is 5.02 Å². The normalized spacial score (nSPS) is 12.8. The molecule has 0 fully saturated rings. The van der Waals surface area contributed by atoms with Crippen molar-refractivity contribution >= 4 is 22.4 Å². The van der Waals surface area contributed by atoms with E-state index in [9.17, 15) is 4.79 Å². The van der Waals surface area contributed by atoms with E-state index in [1.807, 2.05) is 32.0 Å². The number of hydrogen-bond donors (Lipinski definition) is 2. The first-order valence-electron chi connectivity index (χ1n) is 6.61. The predicted octanol–water partition coefficient (Wildman–Crippen LogP) is 2.70. The van der Waals surface area contributed by atoms with Crippen LogP contribution in [0.4, 0.5) is 0 Å². The van der Waals surface area contributed by atoms with E-state index >= 15 is 0 Å². The van der Waals surface area contributed by atoms with Gasteiger partial charge in [0.25, 0.3) is 5.56 Å². The van der Waals surface area contributed by atoms with Crippen molar-refractivity contribution < 1.29 is 0 Å². The van der Waals surface area contributed by atoms with Gasteiger partial charge in [-0.3, -0.25) is 14.5 Å². The Hall–Kier alpha value is -2.11. The maximum absolute atomic E-state index is 12.9. The lowest BCUT2D eigenvalue weighted by molar-refractivity contribution is 0.724. The maximum atomic E-state index is 12.9. The molecule has 0 spiro atoms. The molecule has 0 saturated heterocycles. The Kier molecular flexibility index (Phi) is 3.31. The lowest BCUT2D eigenvalue weighted by atomic mass is 10.1. The number of halogens is 1. The minimum absolute atomic E-state index is 0.211. The molecule has 21 heavy (non-hydrogen) atoms. The molecule has 5 nitrogen and oxygen atoms in total. The Labute approximate surface area is 126 Å². The Morgan fingerprint density at radius 3 is 2.76 bits per heavy atom. The van der Waals surface area contributed by atoms with Gasteiger partial charge in [-0.15, -0.1) is 0 Å². The summed E-state index contributed by atoms with van der Waals surface area (Å²) in [4.78, 5) is 12.9.